The maximum Gasteiger partial charge on any atom is 0.266 e. The summed E-state index contributed by atoms with van der Waals surface area (Å²) in [7, 11) is 4.62. The van der Waals surface area contributed by atoms with Crippen LogP contribution in [-0.2, 0) is 0 Å². The predicted molar refractivity (Wildman–Crippen MR) is 122 cm³/mol. The van der Waals surface area contributed by atoms with Gasteiger partial charge >= 0.3 is 0 Å². The zero-order valence-electron chi connectivity index (χ0n) is 18.2. The fourth-order valence-electron chi connectivity index (χ4n) is 3.96. The largest absolute Gasteiger partial charge is 0.493 e. The number of hydrogen-bond donors (Lipinski definition) is 1. The lowest BCUT2D eigenvalue weighted by molar-refractivity contribution is 0.103. The van der Waals surface area contributed by atoms with Gasteiger partial charge in [0.15, 0.2) is 11.5 Å². The van der Waals surface area contributed by atoms with E-state index in [4.69, 9.17) is 14.2 Å². The molecule has 9 heteroatoms. The van der Waals surface area contributed by atoms with Crippen LogP contribution in [0.2, 0.25) is 0 Å². The number of methoxy groups -OCH3 is 3. The molecule has 4 rings (SSSR count). The third-order valence-corrected chi connectivity index (χ3v) is 6.69. The quantitative estimate of drug-likeness (QED) is 0.610. The first-order chi connectivity index (χ1) is 15.1. The summed E-state index contributed by atoms with van der Waals surface area (Å²) in [5.41, 5.74) is 1.45. The molecule has 0 saturated carbocycles. The van der Waals surface area contributed by atoms with Gasteiger partial charge in [0, 0.05) is 30.9 Å². The average Bonchev–Trinajstić information content (AvgIpc) is 3.15. The van der Waals surface area contributed by atoms with Gasteiger partial charge in [-0.2, -0.15) is 0 Å². The molecule has 2 aromatic heterocycles. The van der Waals surface area contributed by atoms with E-state index in [-0.39, 0.29) is 5.91 Å². The van der Waals surface area contributed by atoms with Crippen molar-refractivity contribution in [2.24, 2.45) is 0 Å². The standard InChI is InChI=1S/C22H26N4O4S/c1-13-17-20(26-8-6-5-7-9-26)23-12-24-22(17)31-19(13)21(27)25-14-10-15(28-2)18(30-4)16(11-14)29-3/h10-12H,5-9H2,1-4H3,(H,25,27). The number of ether oxygens (including phenoxy) is 3. The van der Waals surface area contributed by atoms with E-state index in [9.17, 15) is 4.79 Å². The zero-order valence-corrected chi connectivity index (χ0v) is 19.0. The monoisotopic (exact) mass is 442 g/mol. The van der Waals surface area contributed by atoms with E-state index in [2.05, 4.69) is 20.2 Å². The molecule has 1 fully saturated rings. The molecule has 1 N–H and O–H groups in total. The van der Waals surface area contributed by atoms with Gasteiger partial charge in [0.1, 0.15) is 17.0 Å². The van der Waals surface area contributed by atoms with Crippen molar-refractivity contribution in [3.8, 4) is 17.2 Å². The molecule has 31 heavy (non-hydrogen) atoms. The van der Waals surface area contributed by atoms with Gasteiger partial charge in [-0.15, -0.1) is 11.3 Å². The van der Waals surface area contributed by atoms with Gasteiger partial charge in [-0.25, -0.2) is 9.97 Å². The number of carbonyl (C=O) groups is 1. The third kappa shape index (κ3) is 3.97. The number of anilines is 2. The molecule has 8 nitrogen and oxygen atoms in total. The molecule has 1 saturated heterocycles. The highest BCUT2D eigenvalue weighted by Crippen LogP contribution is 2.41. The maximum atomic E-state index is 13.2. The molecule has 3 aromatic rings. The molecule has 1 aliphatic heterocycles. The number of thiophene rings is 1. The third-order valence-electron chi connectivity index (χ3n) is 5.49. The summed E-state index contributed by atoms with van der Waals surface area (Å²) in [6.07, 6.45) is 5.14. The lowest BCUT2D eigenvalue weighted by atomic mass is 10.1. The van der Waals surface area contributed by atoms with Crippen molar-refractivity contribution in [2.45, 2.75) is 26.2 Å². The van der Waals surface area contributed by atoms with Crippen LogP contribution in [0.4, 0.5) is 11.5 Å². The van der Waals surface area contributed by atoms with Gasteiger partial charge in [-0.3, -0.25) is 4.79 Å². The topological polar surface area (TPSA) is 85.8 Å². The van der Waals surface area contributed by atoms with Crippen molar-refractivity contribution in [2.75, 3.05) is 44.6 Å². The highest BCUT2D eigenvalue weighted by Gasteiger charge is 2.23. The number of aromatic nitrogens is 2. The van der Waals surface area contributed by atoms with Crippen molar-refractivity contribution in [1.29, 1.82) is 0 Å². The minimum atomic E-state index is -0.209. The fourth-order valence-corrected chi connectivity index (χ4v) is 4.99. The molecule has 3 heterocycles. The highest BCUT2D eigenvalue weighted by molar-refractivity contribution is 7.20. The van der Waals surface area contributed by atoms with Crippen molar-refractivity contribution < 1.29 is 19.0 Å². The summed E-state index contributed by atoms with van der Waals surface area (Å²) >= 11 is 1.38. The molecule has 0 spiro atoms. The zero-order chi connectivity index (χ0) is 22.0. The molecule has 1 amide bonds. The van der Waals surface area contributed by atoms with Crippen LogP contribution in [0, 0.1) is 6.92 Å². The number of amides is 1. The molecule has 0 radical (unpaired) electrons. The summed E-state index contributed by atoms with van der Waals surface area (Å²) in [4.78, 5) is 25.9. The Morgan fingerprint density at radius 2 is 1.71 bits per heavy atom. The molecule has 0 atom stereocenters. The summed E-state index contributed by atoms with van der Waals surface area (Å²) in [5.74, 6) is 2.14. The number of piperidine rings is 1. The van der Waals surface area contributed by atoms with Crippen LogP contribution in [0.15, 0.2) is 18.5 Å². The van der Waals surface area contributed by atoms with Gasteiger partial charge in [0.05, 0.1) is 31.6 Å². The van der Waals surface area contributed by atoms with Gasteiger partial charge in [0.2, 0.25) is 5.75 Å². The Morgan fingerprint density at radius 3 is 2.32 bits per heavy atom. The Labute approximate surface area is 185 Å². The van der Waals surface area contributed by atoms with E-state index in [0.717, 1.165) is 47.5 Å². The predicted octanol–water partition coefficient (Wildman–Crippen LogP) is 4.27. The molecule has 0 unspecified atom stereocenters. The highest BCUT2D eigenvalue weighted by atomic mass is 32.1. The molecule has 1 aromatic carbocycles. The van der Waals surface area contributed by atoms with Gasteiger partial charge in [0.25, 0.3) is 5.91 Å². The molecular formula is C22H26N4O4S. The summed E-state index contributed by atoms with van der Waals surface area (Å²) in [5, 5.41) is 3.92. The lowest BCUT2D eigenvalue weighted by Gasteiger charge is -2.28. The fraction of sp³-hybridized carbons (Fsp3) is 0.409. The van der Waals surface area contributed by atoms with Crippen LogP contribution in [0.5, 0.6) is 17.2 Å². The molecule has 0 aliphatic carbocycles. The minimum Gasteiger partial charge on any atom is -0.493 e. The Balaban J connectivity index is 1.68. The summed E-state index contributed by atoms with van der Waals surface area (Å²) in [6.45, 7) is 3.92. The average molecular weight is 443 g/mol. The minimum absolute atomic E-state index is 0.209. The van der Waals surface area contributed by atoms with E-state index in [0.29, 0.717) is 27.8 Å². The number of fused-ring (bicyclic) bond motifs is 1. The van der Waals surface area contributed by atoms with Gasteiger partial charge in [-0.1, -0.05) is 0 Å². The number of benzene rings is 1. The Morgan fingerprint density at radius 1 is 1.03 bits per heavy atom. The first kappa shape index (κ1) is 21.2. The SMILES string of the molecule is COc1cc(NC(=O)c2sc3ncnc(N4CCCCC4)c3c2C)cc(OC)c1OC. The Hall–Kier alpha value is -3.07. The van der Waals surface area contributed by atoms with Gasteiger partial charge < -0.3 is 24.4 Å². The van der Waals surface area contributed by atoms with Crippen LogP contribution in [0.3, 0.4) is 0 Å². The summed E-state index contributed by atoms with van der Waals surface area (Å²) < 4.78 is 16.1. The molecular weight excluding hydrogens is 416 g/mol. The van der Waals surface area contributed by atoms with E-state index >= 15 is 0 Å². The number of aryl methyl sites for hydroxylation is 1. The molecule has 0 bridgehead atoms. The first-order valence-electron chi connectivity index (χ1n) is 10.2. The van der Waals surface area contributed by atoms with Crippen LogP contribution in [0.1, 0.15) is 34.5 Å². The second kappa shape index (κ2) is 8.97. The van der Waals surface area contributed by atoms with E-state index in [1.54, 1.807) is 39.8 Å². The lowest BCUT2D eigenvalue weighted by Crippen LogP contribution is -2.30. The second-order valence-electron chi connectivity index (χ2n) is 7.35. The Kier molecular flexibility index (Phi) is 6.13. The first-order valence-corrected chi connectivity index (χ1v) is 11.0. The van der Waals surface area contributed by atoms with Gasteiger partial charge in [-0.05, 0) is 31.7 Å². The number of rotatable bonds is 6. The van der Waals surface area contributed by atoms with E-state index < -0.39 is 0 Å². The smallest absolute Gasteiger partial charge is 0.266 e. The molecule has 164 valence electrons. The number of nitrogens with zero attached hydrogens (tertiary/aromatic N) is 3. The van der Waals surface area contributed by atoms with Crippen molar-refractivity contribution in [3.05, 3.63) is 28.9 Å². The number of hydrogen-bond acceptors (Lipinski definition) is 8. The van der Waals surface area contributed by atoms with Crippen molar-refractivity contribution >= 4 is 39.0 Å². The normalized spacial score (nSPS) is 13.9. The van der Waals surface area contributed by atoms with Crippen molar-refractivity contribution in [3.63, 3.8) is 0 Å². The van der Waals surface area contributed by atoms with Crippen LogP contribution in [-0.4, -0.2) is 50.3 Å². The van der Waals surface area contributed by atoms with E-state index in [1.165, 1.54) is 17.8 Å². The van der Waals surface area contributed by atoms with E-state index in [1.807, 2.05) is 6.92 Å². The van der Waals surface area contributed by atoms with Crippen LogP contribution < -0.4 is 24.4 Å². The number of nitrogens with one attached hydrogen (secondary N) is 1. The summed E-state index contributed by atoms with van der Waals surface area (Å²) in [6, 6.07) is 3.42. The number of carbonyl (C=O) groups excluding carboxylic acids is 1. The molecule has 1 aliphatic rings. The van der Waals surface area contributed by atoms with Crippen LogP contribution >= 0.6 is 11.3 Å². The van der Waals surface area contributed by atoms with Crippen molar-refractivity contribution in [1.82, 2.24) is 9.97 Å². The van der Waals surface area contributed by atoms with Crippen LogP contribution in [0.25, 0.3) is 10.2 Å². The maximum absolute atomic E-state index is 13.2. The second-order valence-corrected chi connectivity index (χ2v) is 8.35. The Bertz CT molecular complexity index is 1080.